The third kappa shape index (κ3) is 4.29. The fraction of sp³-hybridized carbons (Fsp3) is 0.647. The Morgan fingerprint density at radius 3 is 2.70 bits per heavy atom. The number of thioether (sulfide) groups is 1. The van der Waals surface area contributed by atoms with E-state index in [2.05, 4.69) is 18.4 Å². The van der Waals surface area contributed by atoms with E-state index in [0.717, 1.165) is 0 Å². The third-order valence-corrected chi connectivity index (χ3v) is 6.64. The lowest BCUT2D eigenvalue weighted by molar-refractivity contribution is -0.134. The lowest BCUT2D eigenvalue weighted by atomic mass is 10.1. The highest BCUT2D eigenvalue weighted by Crippen LogP contribution is 2.45. The van der Waals surface area contributed by atoms with Gasteiger partial charge in [-0.15, -0.1) is 23.1 Å². The molecule has 6 heteroatoms. The van der Waals surface area contributed by atoms with Gasteiger partial charge < -0.3 is 9.80 Å². The zero-order valence-electron chi connectivity index (χ0n) is 14.5. The summed E-state index contributed by atoms with van der Waals surface area (Å²) in [5.74, 6) is 0.684. The molecule has 0 bridgehead atoms. The summed E-state index contributed by atoms with van der Waals surface area (Å²) in [6, 6.07) is 2.10. The smallest absolute Gasteiger partial charge is 0.236 e. The Labute approximate surface area is 147 Å². The van der Waals surface area contributed by atoms with Crippen LogP contribution in [0.1, 0.15) is 43.0 Å². The molecule has 2 rings (SSSR count). The number of likely N-dealkylation sites (N-methyl/N-ethyl adjacent to an activating group) is 1. The molecular formula is C17H26N2O2S2. The van der Waals surface area contributed by atoms with Crippen molar-refractivity contribution in [2.75, 3.05) is 20.1 Å². The second-order valence-corrected chi connectivity index (χ2v) is 8.92. The van der Waals surface area contributed by atoms with E-state index in [4.69, 9.17) is 0 Å². The molecular weight excluding hydrogens is 328 g/mol. The van der Waals surface area contributed by atoms with E-state index < -0.39 is 0 Å². The maximum atomic E-state index is 12.5. The van der Waals surface area contributed by atoms with Crippen LogP contribution in [0.4, 0.5) is 0 Å². The van der Waals surface area contributed by atoms with E-state index in [0.29, 0.717) is 25.4 Å². The molecule has 2 atom stereocenters. The van der Waals surface area contributed by atoms with Crippen LogP contribution in [0.2, 0.25) is 0 Å². The molecule has 0 radical (unpaired) electrons. The van der Waals surface area contributed by atoms with Gasteiger partial charge in [-0.05, 0) is 36.8 Å². The van der Waals surface area contributed by atoms with Gasteiger partial charge in [-0.2, -0.15) is 0 Å². The Bertz CT molecular complexity index is 571. The average molecular weight is 355 g/mol. The molecule has 1 aliphatic heterocycles. The van der Waals surface area contributed by atoms with Crippen LogP contribution in [0, 0.1) is 12.8 Å². The Morgan fingerprint density at radius 2 is 2.13 bits per heavy atom. The van der Waals surface area contributed by atoms with Crippen LogP contribution in [0.25, 0.3) is 0 Å². The second-order valence-electron chi connectivity index (χ2n) is 6.54. The predicted octanol–water partition coefficient (Wildman–Crippen LogP) is 3.52. The van der Waals surface area contributed by atoms with Crippen molar-refractivity contribution in [1.29, 1.82) is 0 Å². The second kappa shape index (κ2) is 7.71. The van der Waals surface area contributed by atoms with Crippen molar-refractivity contribution in [3.63, 3.8) is 0 Å². The molecule has 128 valence electrons. The summed E-state index contributed by atoms with van der Waals surface area (Å²) in [5, 5.41) is 2.15. The number of amides is 2. The summed E-state index contributed by atoms with van der Waals surface area (Å²) in [4.78, 5) is 29.5. The van der Waals surface area contributed by atoms with Crippen LogP contribution >= 0.6 is 23.1 Å². The Kier molecular flexibility index (Phi) is 6.14. The number of hydrogen-bond acceptors (Lipinski definition) is 4. The highest BCUT2D eigenvalue weighted by Gasteiger charge is 2.39. The quantitative estimate of drug-likeness (QED) is 0.785. The monoisotopic (exact) mass is 354 g/mol. The highest BCUT2D eigenvalue weighted by atomic mass is 32.2. The fourth-order valence-corrected chi connectivity index (χ4v) is 5.18. The zero-order chi connectivity index (χ0) is 17.1. The van der Waals surface area contributed by atoms with Gasteiger partial charge in [0.15, 0.2) is 0 Å². The van der Waals surface area contributed by atoms with Crippen molar-refractivity contribution in [2.24, 2.45) is 5.92 Å². The average Bonchev–Trinajstić information content (AvgIpc) is 3.01. The predicted molar refractivity (Wildman–Crippen MR) is 97.7 cm³/mol. The molecule has 2 heterocycles. The van der Waals surface area contributed by atoms with E-state index >= 15 is 0 Å². The normalized spacial score (nSPS) is 21.3. The molecule has 1 saturated heterocycles. The van der Waals surface area contributed by atoms with Crippen molar-refractivity contribution in [1.82, 2.24) is 9.80 Å². The van der Waals surface area contributed by atoms with Crippen molar-refractivity contribution in [3.8, 4) is 0 Å². The number of carbonyl (C=O) groups is 2. The molecule has 2 amide bonds. The van der Waals surface area contributed by atoms with Gasteiger partial charge in [-0.1, -0.05) is 13.8 Å². The summed E-state index contributed by atoms with van der Waals surface area (Å²) in [7, 11) is 1.83. The van der Waals surface area contributed by atoms with Crippen LogP contribution in [0.5, 0.6) is 0 Å². The Hall–Kier alpha value is -1.01. The zero-order valence-corrected chi connectivity index (χ0v) is 16.2. The largest absolute Gasteiger partial charge is 0.344 e. The van der Waals surface area contributed by atoms with Gasteiger partial charge in [0, 0.05) is 31.4 Å². The van der Waals surface area contributed by atoms with E-state index in [-0.39, 0.29) is 22.4 Å². The van der Waals surface area contributed by atoms with Gasteiger partial charge in [-0.25, -0.2) is 0 Å². The molecule has 4 nitrogen and oxygen atoms in total. The van der Waals surface area contributed by atoms with Crippen LogP contribution in [0.15, 0.2) is 11.4 Å². The van der Waals surface area contributed by atoms with Gasteiger partial charge >= 0.3 is 0 Å². The minimum absolute atomic E-state index is 0.0156. The SMILES string of the molecule is Cc1ccsc1[C@@H]1S[C@@H](C)C(=O)N1CCN(C)C(=O)CC(C)C. The Morgan fingerprint density at radius 1 is 1.43 bits per heavy atom. The van der Waals surface area contributed by atoms with Gasteiger partial charge in [0.05, 0.1) is 5.25 Å². The first-order valence-electron chi connectivity index (χ1n) is 8.05. The van der Waals surface area contributed by atoms with Crippen molar-refractivity contribution in [2.45, 2.75) is 44.7 Å². The Balaban J connectivity index is 2.03. The molecule has 0 saturated carbocycles. The minimum atomic E-state index is -0.0156. The number of rotatable bonds is 6. The summed E-state index contributed by atoms with van der Waals surface area (Å²) < 4.78 is 0. The van der Waals surface area contributed by atoms with Crippen LogP contribution < -0.4 is 0 Å². The number of thiophene rings is 1. The molecule has 1 fully saturated rings. The molecule has 1 aromatic rings. The van der Waals surface area contributed by atoms with Crippen LogP contribution in [-0.4, -0.2) is 47.0 Å². The summed E-state index contributed by atoms with van der Waals surface area (Å²) in [6.07, 6.45) is 0.559. The van der Waals surface area contributed by atoms with Gasteiger partial charge in [-0.3, -0.25) is 9.59 Å². The first-order chi connectivity index (χ1) is 10.8. The van der Waals surface area contributed by atoms with Gasteiger partial charge in [0.25, 0.3) is 0 Å². The molecule has 1 aromatic heterocycles. The van der Waals surface area contributed by atoms with Crippen molar-refractivity contribution >= 4 is 34.9 Å². The van der Waals surface area contributed by atoms with Crippen LogP contribution in [0.3, 0.4) is 0 Å². The lowest BCUT2D eigenvalue weighted by Crippen LogP contribution is -2.39. The number of hydrogen-bond donors (Lipinski definition) is 0. The summed E-state index contributed by atoms with van der Waals surface area (Å²) in [6.45, 7) is 9.34. The van der Waals surface area contributed by atoms with Gasteiger partial charge in [0.1, 0.15) is 5.37 Å². The molecule has 0 spiro atoms. The van der Waals surface area contributed by atoms with Gasteiger partial charge in [0.2, 0.25) is 11.8 Å². The number of nitrogens with zero attached hydrogens (tertiary/aromatic N) is 2. The highest BCUT2D eigenvalue weighted by molar-refractivity contribution is 8.01. The number of aryl methyl sites for hydroxylation is 1. The minimum Gasteiger partial charge on any atom is -0.344 e. The lowest BCUT2D eigenvalue weighted by Gasteiger charge is -2.27. The van der Waals surface area contributed by atoms with Crippen molar-refractivity contribution < 1.29 is 9.59 Å². The van der Waals surface area contributed by atoms with Crippen LogP contribution in [-0.2, 0) is 9.59 Å². The maximum Gasteiger partial charge on any atom is 0.236 e. The third-order valence-electron chi connectivity index (χ3n) is 4.06. The van der Waals surface area contributed by atoms with E-state index in [9.17, 15) is 9.59 Å². The first kappa shape index (κ1) is 18.3. The maximum absolute atomic E-state index is 12.5. The fourth-order valence-electron chi connectivity index (χ4n) is 2.63. The summed E-state index contributed by atoms with van der Waals surface area (Å²) >= 11 is 3.42. The number of carbonyl (C=O) groups excluding carboxylic acids is 2. The summed E-state index contributed by atoms with van der Waals surface area (Å²) in [5.41, 5.74) is 1.24. The molecule has 0 aromatic carbocycles. The molecule has 23 heavy (non-hydrogen) atoms. The topological polar surface area (TPSA) is 40.6 Å². The van der Waals surface area contributed by atoms with E-state index in [1.54, 1.807) is 28.0 Å². The van der Waals surface area contributed by atoms with Crippen molar-refractivity contribution in [3.05, 3.63) is 21.9 Å². The molecule has 0 N–H and O–H groups in total. The first-order valence-corrected chi connectivity index (χ1v) is 9.87. The molecule has 1 aliphatic rings. The molecule has 0 aliphatic carbocycles. The standard InChI is InChI=1S/C17H26N2O2S2/c1-11(2)10-14(20)18(5)7-8-19-16(21)13(4)23-17(19)15-12(3)6-9-22-15/h6,9,11,13,17H,7-8,10H2,1-5H3/t13-,17-/m0/s1. The van der Waals surface area contributed by atoms with E-state index in [1.807, 2.05) is 32.7 Å². The van der Waals surface area contributed by atoms with E-state index in [1.165, 1.54) is 10.4 Å². The molecule has 0 unspecified atom stereocenters.